The third-order valence-electron chi connectivity index (χ3n) is 17.7. The molecular weight excluding hydrogens is 1220 g/mol. The molecule has 36 nitrogen and oxygen atoms in total. The number of carboxylic acids is 1. The Hall–Kier alpha value is -6.39. The molecule has 0 aliphatic carbocycles. The second-order valence-electron chi connectivity index (χ2n) is 25.1. The van der Waals surface area contributed by atoms with Gasteiger partial charge >= 0.3 is 5.97 Å². The Morgan fingerprint density at radius 1 is 0.415 bits per heavy atom. The molecule has 5 saturated heterocycles. The molecule has 5 fully saturated rings. The van der Waals surface area contributed by atoms with Crippen LogP contribution in [0.4, 0.5) is 0 Å². The highest BCUT2D eigenvalue weighted by atomic mass is 16.4. The van der Waals surface area contributed by atoms with Crippen molar-refractivity contribution in [2.75, 3.05) is 65.4 Å². The number of amides is 10. The van der Waals surface area contributed by atoms with Crippen LogP contribution < -0.4 is 110 Å². The molecule has 5 aliphatic heterocycles. The maximum Gasteiger partial charge on any atom is 0.326 e. The van der Waals surface area contributed by atoms with Gasteiger partial charge in [-0.3, -0.25) is 69.2 Å². The molecule has 0 radical (unpaired) electrons. The van der Waals surface area contributed by atoms with Crippen molar-refractivity contribution in [3.8, 4) is 0 Å². The molecule has 11 atom stereocenters. The van der Waals surface area contributed by atoms with Crippen molar-refractivity contribution in [1.82, 2.24) is 78.1 Å². The van der Waals surface area contributed by atoms with E-state index in [0.717, 1.165) is 6.42 Å². The van der Waals surface area contributed by atoms with Crippen LogP contribution >= 0.6 is 0 Å². The van der Waals surface area contributed by atoms with Gasteiger partial charge in [0.2, 0.25) is 59.1 Å². The number of aliphatic carboxylic acids is 1. The van der Waals surface area contributed by atoms with Gasteiger partial charge in [0.25, 0.3) is 0 Å². The smallest absolute Gasteiger partial charge is 0.326 e. The van der Waals surface area contributed by atoms with Crippen LogP contribution in [0, 0.1) is 0 Å². The summed E-state index contributed by atoms with van der Waals surface area (Å²) >= 11 is 0. The highest BCUT2D eigenvalue weighted by molar-refractivity contribution is 5.99. The van der Waals surface area contributed by atoms with Gasteiger partial charge in [0.15, 0.2) is 0 Å². The number of carbonyl (C=O) groups excluding carboxylic acids is 10. The number of likely N-dealkylation sites (tertiary alicyclic amines) is 4. The topological polar surface area (TPSA) is 587 Å². The van der Waals surface area contributed by atoms with E-state index in [-0.39, 0.29) is 129 Å². The Balaban J connectivity index is 1.29. The SMILES string of the molecule is C[C@H](NC(=O)[C@@H]1CCCN1)C(=O)N[C@@H](CCCNC(N)N)C(=O)N1CCC[C@H]1C(=O)N1CCC[C@H]1C(=O)N[C@@H](CCCCN)C(=O)N1CCC[C@H]1C(=O)N[C@@H](CCCNC(N)N)C(=O)N1CCC[C@H]1C(=O)N[C@@H](CCCNC(N)N)C(=O)N[C@@H](CCCNC(N)N)C(=O)O. The van der Waals surface area contributed by atoms with Crippen LogP contribution in [0.1, 0.15) is 142 Å². The Labute approximate surface area is 549 Å². The van der Waals surface area contributed by atoms with Crippen LogP contribution in [0.3, 0.4) is 0 Å². The lowest BCUT2D eigenvalue weighted by Gasteiger charge is -2.34. The molecule has 0 spiro atoms. The number of carbonyl (C=O) groups is 11. The van der Waals surface area contributed by atoms with Crippen LogP contribution in [0.15, 0.2) is 0 Å². The zero-order valence-corrected chi connectivity index (χ0v) is 54.5. The quantitative estimate of drug-likeness (QED) is 0.0200. The molecule has 5 rings (SSSR count). The monoisotopic (exact) mass is 1330 g/mol. The molecule has 534 valence electrons. The lowest BCUT2D eigenvalue weighted by atomic mass is 10.0. The maximum absolute atomic E-state index is 14.9. The Bertz CT molecular complexity index is 2500. The molecule has 0 saturated carbocycles. The van der Waals surface area contributed by atoms with Gasteiger partial charge in [-0.1, -0.05) is 0 Å². The molecular formula is C58H110N24O12. The molecule has 0 unspecified atom stereocenters. The molecule has 0 bridgehead atoms. The van der Waals surface area contributed by atoms with E-state index in [1.54, 1.807) is 0 Å². The first-order valence-corrected chi connectivity index (χ1v) is 33.5. The summed E-state index contributed by atoms with van der Waals surface area (Å²) in [5, 5.41) is 41.0. The molecule has 36 heteroatoms. The highest BCUT2D eigenvalue weighted by Crippen LogP contribution is 2.28. The van der Waals surface area contributed by atoms with Gasteiger partial charge in [-0.2, -0.15) is 0 Å². The number of nitrogens with two attached hydrogens (primary N) is 9. The second kappa shape index (κ2) is 40.2. The summed E-state index contributed by atoms with van der Waals surface area (Å²) in [7, 11) is 0. The molecule has 30 N–H and O–H groups in total. The number of hydrogen-bond acceptors (Lipinski definition) is 25. The minimum Gasteiger partial charge on any atom is -0.480 e. The van der Waals surface area contributed by atoms with E-state index in [0.29, 0.717) is 71.0 Å². The van der Waals surface area contributed by atoms with Crippen molar-refractivity contribution < 1.29 is 57.8 Å². The van der Waals surface area contributed by atoms with Crippen molar-refractivity contribution in [3.63, 3.8) is 0 Å². The summed E-state index contributed by atoms with van der Waals surface area (Å²) in [6.45, 7) is 4.19. The van der Waals surface area contributed by atoms with Gasteiger partial charge in [0.05, 0.1) is 6.04 Å². The Morgan fingerprint density at radius 3 is 1.19 bits per heavy atom. The molecule has 5 aliphatic rings. The van der Waals surface area contributed by atoms with Crippen molar-refractivity contribution in [1.29, 1.82) is 0 Å². The van der Waals surface area contributed by atoms with E-state index in [2.05, 4.69) is 58.5 Å². The second-order valence-corrected chi connectivity index (χ2v) is 25.1. The first kappa shape index (κ1) is 78.3. The van der Waals surface area contributed by atoms with Gasteiger partial charge in [0, 0.05) is 26.2 Å². The lowest BCUT2D eigenvalue weighted by Crippen LogP contribution is -2.60. The first-order chi connectivity index (χ1) is 44.8. The van der Waals surface area contributed by atoms with Crippen molar-refractivity contribution in [2.45, 2.75) is 233 Å². The van der Waals surface area contributed by atoms with E-state index >= 15 is 0 Å². The van der Waals surface area contributed by atoms with E-state index in [1.165, 1.54) is 26.5 Å². The standard InChI is InChI=1S/C58H110N24O12/c1-33(73-45(84)34-14-4-24-68-34)44(83)75-37(16-6-26-70-56(62)63)52(91)82-32-12-22-43(82)53(92)81-31-11-21-42(81)49(88)76-36(13-2-3-23-59)50(89)80-30-10-20-41(80)48(87)77-38(17-7-27-71-57(64)65)51(90)79-29-9-19-40(79)47(86)74-35(15-5-25-69-55(60)61)46(85)78-39(54(93)94)18-8-28-72-58(66)67/h33-43,55-58,68-72H,2-32,59-67H2,1H3,(H,73,84)(H,74,86)(H,75,83)(H,76,88)(H,77,87)(H,78,85)(H,93,94)/t33-,34-,35-,36-,37-,38-,39-,40-,41-,42-,43-/m0/s1. The minimum atomic E-state index is -1.33. The van der Waals surface area contributed by atoms with Gasteiger partial charge in [-0.25, -0.2) is 4.79 Å². The van der Waals surface area contributed by atoms with Crippen molar-refractivity contribution in [2.24, 2.45) is 51.6 Å². The van der Waals surface area contributed by atoms with Crippen LogP contribution in [0.25, 0.3) is 0 Å². The van der Waals surface area contributed by atoms with Crippen LogP contribution in [0.5, 0.6) is 0 Å². The summed E-state index contributed by atoms with van der Waals surface area (Å²) in [5.41, 5.74) is 51.1. The number of nitrogens with one attached hydrogen (secondary N) is 11. The maximum atomic E-state index is 14.9. The minimum absolute atomic E-state index is 0.00823. The van der Waals surface area contributed by atoms with E-state index in [9.17, 15) is 57.8 Å². The van der Waals surface area contributed by atoms with Gasteiger partial charge in [-0.15, -0.1) is 0 Å². The third-order valence-corrected chi connectivity index (χ3v) is 17.7. The first-order valence-electron chi connectivity index (χ1n) is 33.5. The predicted octanol–water partition coefficient (Wildman–Crippen LogP) is -8.87. The third kappa shape index (κ3) is 24.7. The fourth-order valence-corrected chi connectivity index (χ4v) is 12.7. The predicted molar refractivity (Wildman–Crippen MR) is 345 cm³/mol. The number of unbranched alkanes of at least 4 members (excludes halogenated alkanes) is 1. The molecule has 0 aromatic rings. The van der Waals surface area contributed by atoms with Crippen molar-refractivity contribution in [3.05, 3.63) is 0 Å². The van der Waals surface area contributed by atoms with Gasteiger partial charge < -0.3 is 114 Å². The van der Waals surface area contributed by atoms with Gasteiger partial charge in [-0.05, 0) is 181 Å². The summed E-state index contributed by atoms with van der Waals surface area (Å²) in [4.78, 5) is 161. The number of rotatable bonds is 41. The Morgan fingerprint density at radius 2 is 0.777 bits per heavy atom. The summed E-state index contributed by atoms with van der Waals surface area (Å²) < 4.78 is 0. The molecule has 94 heavy (non-hydrogen) atoms. The summed E-state index contributed by atoms with van der Waals surface area (Å²) in [6.07, 6.45) is 3.13. The Kier molecular flexibility index (Phi) is 33.5. The van der Waals surface area contributed by atoms with Crippen molar-refractivity contribution >= 4 is 65.0 Å². The average Bonchev–Trinajstić information content (AvgIpc) is 1.60. The summed E-state index contributed by atoms with van der Waals surface area (Å²) in [6, 6.07) is -11.7. The number of carboxylic acid groups (broad SMARTS) is 1. The molecule has 0 aromatic carbocycles. The lowest BCUT2D eigenvalue weighted by molar-refractivity contribution is -0.148. The van der Waals surface area contributed by atoms with E-state index in [4.69, 9.17) is 51.6 Å². The summed E-state index contributed by atoms with van der Waals surface area (Å²) in [5.74, 6) is -7.09. The van der Waals surface area contributed by atoms with Crippen LogP contribution in [0.2, 0.25) is 0 Å². The normalized spacial score (nSPS) is 21.7. The zero-order chi connectivity index (χ0) is 69.0. The molecule has 5 heterocycles. The van der Waals surface area contributed by atoms with Crippen LogP contribution in [-0.4, -0.2) is 247 Å². The van der Waals surface area contributed by atoms with Crippen LogP contribution in [-0.2, 0) is 52.7 Å². The largest absolute Gasteiger partial charge is 0.480 e. The highest BCUT2D eigenvalue weighted by Gasteiger charge is 2.46. The number of hydrogen-bond donors (Lipinski definition) is 21. The van der Waals surface area contributed by atoms with E-state index < -0.39 is 151 Å². The zero-order valence-electron chi connectivity index (χ0n) is 54.5. The molecule has 10 amide bonds. The van der Waals surface area contributed by atoms with E-state index in [1.807, 2.05) is 0 Å². The van der Waals surface area contributed by atoms with Gasteiger partial charge in [0.1, 0.15) is 85.6 Å². The fraction of sp³-hybridized carbons (Fsp3) is 0.810. The fourth-order valence-electron chi connectivity index (χ4n) is 12.7. The average molecular weight is 1340 g/mol. The number of nitrogens with zero attached hydrogens (tertiary/aromatic N) is 4. The molecule has 0 aromatic heterocycles.